The lowest BCUT2D eigenvalue weighted by molar-refractivity contribution is -0.138. The highest BCUT2D eigenvalue weighted by molar-refractivity contribution is 5.73. The van der Waals surface area contributed by atoms with E-state index in [1.807, 2.05) is 48.5 Å². The summed E-state index contributed by atoms with van der Waals surface area (Å²) in [7, 11) is 0. The smallest absolute Gasteiger partial charge is 0.303 e. The lowest BCUT2D eigenvalue weighted by atomic mass is 10.1. The van der Waals surface area contributed by atoms with E-state index in [9.17, 15) is 9.59 Å². The van der Waals surface area contributed by atoms with Crippen LogP contribution in [0.15, 0.2) is 48.5 Å². The summed E-state index contributed by atoms with van der Waals surface area (Å²) in [5, 5.41) is 37.1. The topological polar surface area (TPSA) is 158 Å². The van der Waals surface area contributed by atoms with Crippen LogP contribution in [-0.2, 0) is 9.59 Å². The first-order valence-electron chi connectivity index (χ1n) is 10.5. The quantitative estimate of drug-likeness (QED) is 0.282. The fraction of sp³-hybridized carbons (Fsp3) is 0.364. The molecule has 2 aromatic carbocycles. The number of rotatable bonds is 9. The zero-order valence-corrected chi connectivity index (χ0v) is 17.8. The van der Waals surface area contributed by atoms with E-state index in [0.717, 1.165) is 60.6 Å². The van der Waals surface area contributed by atoms with Gasteiger partial charge >= 0.3 is 11.9 Å². The number of H-pyrrole nitrogens is 2. The van der Waals surface area contributed by atoms with Gasteiger partial charge in [0.2, 0.25) is 0 Å². The molecule has 0 amide bonds. The number of aliphatic carboxylic acids is 2. The molecule has 0 fully saturated rings. The van der Waals surface area contributed by atoms with Gasteiger partial charge in [-0.3, -0.25) is 19.8 Å². The predicted octanol–water partition coefficient (Wildman–Crippen LogP) is 4.19. The number of hydrogen-bond acceptors (Lipinski definition) is 6. The number of para-hydroxylation sites is 2. The first-order chi connectivity index (χ1) is 15.6. The highest BCUT2D eigenvalue weighted by Gasteiger charge is 1.98. The summed E-state index contributed by atoms with van der Waals surface area (Å²) >= 11 is 0. The number of carbonyl (C=O) groups is 2. The maximum Gasteiger partial charge on any atom is 0.303 e. The van der Waals surface area contributed by atoms with Gasteiger partial charge in [-0.05, 0) is 37.1 Å². The van der Waals surface area contributed by atoms with Crippen LogP contribution < -0.4 is 0 Å². The first kappa shape index (κ1) is 24.4. The van der Waals surface area contributed by atoms with E-state index in [2.05, 4.69) is 30.8 Å². The maximum atomic E-state index is 10.1. The van der Waals surface area contributed by atoms with E-state index in [-0.39, 0.29) is 12.8 Å². The lowest BCUT2D eigenvalue weighted by Crippen LogP contribution is -1.94. The lowest BCUT2D eigenvalue weighted by Gasteiger charge is -1.98. The Balaban J connectivity index is 0.000000175. The van der Waals surface area contributed by atoms with Gasteiger partial charge in [-0.25, -0.2) is 0 Å². The van der Waals surface area contributed by atoms with Crippen molar-refractivity contribution in [3.05, 3.63) is 48.5 Å². The van der Waals surface area contributed by atoms with Crippen LogP contribution in [0.3, 0.4) is 0 Å². The fourth-order valence-electron chi connectivity index (χ4n) is 2.84. The molecule has 0 aliphatic carbocycles. The molecular formula is C22H28N6O4. The van der Waals surface area contributed by atoms with Crippen LogP contribution in [0.2, 0.25) is 0 Å². The first-order valence-corrected chi connectivity index (χ1v) is 10.5. The van der Waals surface area contributed by atoms with Crippen molar-refractivity contribution in [2.75, 3.05) is 0 Å². The number of unbranched alkanes of at least 4 members (excludes halogenated alkanes) is 5. The molecule has 0 saturated carbocycles. The number of carboxylic acid groups (broad SMARTS) is 2. The molecule has 10 heteroatoms. The third kappa shape index (κ3) is 9.79. The van der Waals surface area contributed by atoms with Crippen molar-refractivity contribution in [2.45, 2.75) is 51.4 Å². The second kappa shape index (κ2) is 14.2. The minimum Gasteiger partial charge on any atom is -0.481 e. The highest BCUT2D eigenvalue weighted by atomic mass is 16.4. The molecule has 0 spiro atoms. The van der Waals surface area contributed by atoms with Gasteiger partial charge in [0.25, 0.3) is 0 Å². The minimum absolute atomic E-state index is 0.245. The second-order valence-electron chi connectivity index (χ2n) is 7.07. The van der Waals surface area contributed by atoms with Gasteiger partial charge in [0.15, 0.2) is 0 Å². The molecule has 4 N–H and O–H groups in total. The van der Waals surface area contributed by atoms with Crippen molar-refractivity contribution in [3.8, 4) is 0 Å². The molecular weight excluding hydrogens is 412 g/mol. The Kier molecular flexibility index (Phi) is 10.9. The number of nitrogens with zero attached hydrogens (tertiary/aromatic N) is 4. The predicted molar refractivity (Wildman–Crippen MR) is 120 cm³/mol. The second-order valence-corrected chi connectivity index (χ2v) is 7.07. The molecule has 2 aromatic heterocycles. The summed E-state index contributed by atoms with van der Waals surface area (Å²) in [5.74, 6) is -1.48. The summed E-state index contributed by atoms with van der Waals surface area (Å²) < 4.78 is 0. The van der Waals surface area contributed by atoms with E-state index in [4.69, 9.17) is 10.2 Å². The highest BCUT2D eigenvalue weighted by Crippen LogP contribution is 2.08. The summed E-state index contributed by atoms with van der Waals surface area (Å²) in [6.07, 6.45) is 5.82. The van der Waals surface area contributed by atoms with E-state index in [1.54, 1.807) is 0 Å². The molecule has 0 aliphatic heterocycles. The fourth-order valence-corrected chi connectivity index (χ4v) is 2.84. The summed E-state index contributed by atoms with van der Waals surface area (Å²) in [5.41, 5.74) is 3.80. The van der Waals surface area contributed by atoms with Crippen molar-refractivity contribution in [1.82, 2.24) is 30.8 Å². The van der Waals surface area contributed by atoms with Crippen molar-refractivity contribution >= 4 is 34.0 Å². The van der Waals surface area contributed by atoms with Crippen molar-refractivity contribution < 1.29 is 19.8 Å². The molecule has 0 aliphatic rings. The molecule has 0 saturated heterocycles. The molecule has 0 bridgehead atoms. The van der Waals surface area contributed by atoms with E-state index < -0.39 is 11.9 Å². The molecule has 32 heavy (non-hydrogen) atoms. The van der Waals surface area contributed by atoms with Gasteiger partial charge in [-0.15, -0.1) is 10.2 Å². The minimum atomic E-state index is -0.740. The number of fused-ring (bicyclic) bond motifs is 2. The third-order valence-electron chi connectivity index (χ3n) is 4.50. The number of nitrogens with one attached hydrogen (secondary N) is 2. The van der Waals surface area contributed by atoms with Crippen LogP contribution in [0.25, 0.3) is 22.1 Å². The Morgan fingerprint density at radius 2 is 1.00 bits per heavy atom. The van der Waals surface area contributed by atoms with Gasteiger partial charge in [-0.2, -0.15) is 0 Å². The van der Waals surface area contributed by atoms with Crippen LogP contribution in [0.1, 0.15) is 51.4 Å². The van der Waals surface area contributed by atoms with Crippen molar-refractivity contribution in [1.29, 1.82) is 0 Å². The largest absolute Gasteiger partial charge is 0.481 e. The molecule has 4 rings (SSSR count). The molecule has 10 nitrogen and oxygen atoms in total. The number of benzene rings is 2. The Morgan fingerprint density at radius 3 is 1.38 bits per heavy atom. The molecule has 2 heterocycles. The molecule has 4 aromatic rings. The van der Waals surface area contributed by atoms with Crippen LogP contribution in [0.4, 0.5) is 0 Å². The Morgan fingerprint density at radius 1 is 0.625 bits per heavy atom. The number of carboxylic acids is 2. The van der Waals surface area contributed by atoms with Gasteiger partial charge < -0.3 is 10.2 Å². The van der Waals surface area contributed by atoms with Crippen LogP contribution in [-0.4, -0.2) is 53.0 Å². The van der Waals surface area contributed by atoms with E-state index >= 15 is 0 Å². The van der Waals surface area contributed by atoms with Gasteiger partial charge in [-0.1, -0.05) is 60.4 Å². The van der Waals surface area contributed by atoms with Crippen molar-refractivity contribution in [3.63, 3.8) is 0 Å². The molecule has 0 unspecified atom stereocenters. The van der Waals surface area contributed by atoms with Gasteiger partial charge in [0, 0.05) is 12.8 Å². The zero-order chi connectivity index (χ0) is 23.0. The van der Waals surface area contributed by atoms with Gasteiger partial charge in [0.05, 0.1) is 11.0 Å². The van der Waals surface area contributed by atoms with Crippen LogP contribution in [0, 0.1) is 0 Å². The molecule has 0 radical (unpaired) electrons. The van der Waals surface area contributed by atoms with Crippen molar-refractivity contribution in [2.24, 2.45) is 0 Å². The number of hydrogen-bond donors (Lipinski definition) is 4. The van der Waals surface area contributed by atoms with Crippen LogP contribution >= 0.6 is 0 Å². The maximum absolute atomic E-state index is 10.1. The van der Waals surface area contributed by atoms with Crippen LogP contribution in [0.5, 0.6) is 0 Å². The zero-order valence-electron chi connectivity index (χ0n) is 17.8. The molecule has 170 valence electrons. The summed E-state index contributed by atoms with van der Waals surface area (Å²) in [6, 6.07) is 15.5. The van der Waals surface area contributed by atoms with E-state index in [1.165, 1.54) is 0 Å². The van der Waals surface area contributed by atoms with Gasteiger partial charge in [0.1, 0.15) is 11.0 Å². The Labute approximate surface area is 185 Å². The monoisotopic (exact) mass is 440 g/mol. The Bertz CT molecular complexity index is 932. The number of aromatic amines is 2. The third-order valence-corrected chi connectivity index (χ3v) is 4.50. The SMILES string of the molecule is O=C(O)CCCCCCCCC(=O)O.c1ccc2[nH]nnc2c1.c1ccc2[nH]nnc2c1. The average Bonchev–Trinajstić information content (AvgIpc) is 3.45. The normalized spacial score (nSPS) is 10.1. The summed E-state index contributed by atoms with van der Waals surface area (Å²) in [4.78, 5) is 20.3. The Hall–Kier alpha value is -3.82. The summed E-state index contributed by atoms with van der Waals surface area (Å²) in [6.45, 7) is 0. The molecule has 0 atom stereocenters. The van der Waals surface area contributed by atoms with E-state index in [0.29, 0.717) is 0 Å². The average molecular weight is 441 g/mol. The number of aromatic nitrogens is 6. The standard InChI is InChI=1S/C10H18O4.2C6H5N3/c11-9(12)7-5-3-1-2-4-6-8-10(13)14;2*1-2-4-6-5(3-1)7-9-8-6/h1-8H2,(H,11,12)(H,13,14);2*1-4H,(H,7,8,9).